The largest absolute Gasteiger partial charge is 0.484 e. The first kappa shape index (κ1) is 14.5. The van der Waals surface area contributed by atoms with E-state index in [1.807, 2.05) is 17.5 Å². The molecule has 0 fully saturated rings. The highest BCUT2D eigenvalue weighted by Crippen LogP contribution is 2.29. The van der Waals surface area contributed by atoms with E-state index in [1.165, 1.54) is 11.3 Å². The highest BCUT2D eigenvalue weighted by molar-refractivity contribution is 9.10. The van der Waals surface area contributed by atoms with E-state index < -0.39 is 0 Å². The number of nitrogens with one attached hydrogen (secondary N) is 1. The number of hydrazine groups is 1. The molecule has 2 aromatic heterocycles. The van der Waals surface area contributed by atoms with E-state index in [0.29, 0.717) is 22.4 Å². The van der Waals surface area contributed by atoms with Gasteiger partial charge < -0.3 is 10.2 Å². The summed E-state index contributed by atoms with van der Waals surface area (Å²) in [5.41, 5.74) is 2.58. The number of halogens is 2. The van der Waals surface area contributed by atoms with Crippen molar-refractivity contribution in [3.63, 3.8) is 0 Å². The number of thiophene rings is 1. The molecule has 0 aliphatic rings. The predicted octanol–water partition coefficient (Wildman–Crippen LogP) is 3.97. The number of aromatic nitrogens is 2. The fraction of sp³-hybridized carbons (Fsp3) is 0.0769. The van der Waals surface area contributed by atoms with E-state index in [2.05, 4.69) is 31.3 Å². The van der Waals surface area contributed by atoms with Crippen LogP contribution < -0.4 is 16.0 Å². The van der Waals surface area contributed by atoms with Crippen molar-refractivity contribution in [2.75, 3.05) is 5.43 Å². The Balaban J connectivity index is 1.86. The van der Waals surface area contributed by atoms with Crippen LogP contribution in [0.4, 0.5) is 5.82 Å². The van der Waals surface area contributed by atoms with E-state index in [-0.39, 0.29) is 6.61 Å². The normalized spacial score (nSPS) is 10.8. The van der Waals surface area contributed by atoms with Crippen LogP contribution in [0.25, 0.3) is 10.2 Å². The Kier molecular flexibility index (Phi) is 4.25. The summed E-state index contributed by atoms with van der Waals surface area (Å²) >= 11 is 11.0. The van der Waals surface area contributed by atoms with Crippen molar-refractivity contribution in [3.05, 3.63) is 45.0 Å². The van der Waals surface area contributed by atoms with E-state index in [0.717, 1.165) is 14.7 Å². The lowest BCUT2D eigenvalue weighted by atomic mass is 10.3. The summed E-state index contributed by atoms with van der Waals surface area (Å²) in [4.78, 5) is 9.64. The molecular weight excluding hydrogens is 376 g/mol. The second-order valence-corrected chi connectivity index (χ2v) is 6.35. The first-order valence-electron chi connectivity index (χ1n) is 5.96. The molecule has 0 saturated heterocycles. The van der Waals surface area contributed by atoms with Crippen molar-refractivity contribution in [1.29, 1.82) is 0 Å². The minimum atomic E-state index is 0.207. The van der Waals surface area contributed by atoms with Crippen molar-refractivity contribution in [3.8, 4) is 5.75 Å². The van der Waals surface area contributed by atoms with Gasteiger partial charge in [0.15, 0.2) is 11.6 Å². The van der Waals surface area contributed by atoms with Gasteiger partial charge in [-0.25, -0.2) is 15.8 Å². The summed E-state index contributed by atoms with van der Waals surface area (Å²) in [6, 6.07) is 7.33. The summed E-state index contributed by atoms with van der Waals surface area (Å²) in [5.74, 6) is 7.18. The molecular formula is C13H10BrClN4OS. The zero-order valence-corrected chi connectivity index (χ0v) is 13.8. The van der Waals surface area contributed by atoms with Crippen LogP contribution in [0.2, 0.25) is 5.02 Å². The molecule has 0 aliphatic heterocycles. The molecule has 2 heterocycles. The molecule has 0 saturated carbocycles. The van der Waals surface area contributed by atoms with Crippen LogP contribution >= 0.6 is 38.9 Å². The lowest BCUT2D eigenvalue weighted by Gasteiger charge is -2.09. The Morgan fingerprint density at radius 2 is 2.19 bits per heavy atom. The SMILES string of the molecule is NNc1nc(COc2cc(Br)ccc2Cl)nc2sccc12. The predicted molar refractivity (Wildman–Crippen MR) is 88.7 cm³/mol. The van der Waals surface area contributed by atoms with Gasteiger partial charge in [0.25, 0.3) is 0 Å². The lowest BCUT2D eigenvalue weighted by Crippen LogP contribution is -2.11. The second kappa shape index (κ2) is 6.15. The molecule has 3 aromatic rings. The van der Waals surface area contributed by atoms with Gasteiger partial charge in [-0.15, -0.1) is 11.3 Å². The maximum atomic E-state index is 6.08. The van der Waals surface area contributed by atoms with Crippen molar-refractivity contribution in [2.24, 2.45) is 5.84 Å². The molecule has 8 heteroatoms. The van der Waals surface area contributed by atoms with Gasteiger partial charge in [-0.3, -0.25) is 0 Å². The zero-order valence-electron chi connectivity index (χ0n) is 10.6. The number of nitrogens with two attached hydrogens (primary N) is 1. The van der Waals surface area contributed by atoms with Crippen LogP contribution in [0.1, 0.15) is 5.82 Å². The highest BCUT2D eigenvalue weighted by Gasteiger charge is 2.09. The van der Waals surface area contributed by atoms with Crippen LogP contribution in [-0.2, 0) is 6.61 Å². The van der Waals surface area contributed by atoms with Crippen LogP contribution in [0, 0.1) is 0 Å². The summed E-state index contributed by atoms with van der Waals surface area (Å²) in [5, 5.41) is 3.37. The van der Waals surface area contributed by atoms with Crippen LogP contribution in [0.3, 0.4) is 0 Å². The first-order valence-corrected chi connectivity index (χ1v) is 8.01. The van der Waals surface area contributed by atoms with Crippen molar-refractivity contribution < 1.29 is 4.74 Å². The molecule has 0 atom stereocenters. The molecule has 3 rings (SSSR count). The summed E-state index contributed by atoms with van der Waals surface area (Å²) in [6.07, 6.45) is 0. The maximum Gasteiger partial charge on any atom is 0.169 e. The van der Waals surface area contributed by atoms with Crippen LogP contribution in [-0.4, -0.2) is 9.97 Å². The third-order valence-electron chi connectivity index (χ3n) is 2.76. The molecule has 1 aromatic carbocycles. The van der Waals surface area contributed by atoms with Gasteiger partial charge >= 0.3 is 0 Å². The van der Waals surface area contributed by atoms with Gasteiger partial charge in [0, 0.05) is 4.47 Å². The number of rotatable bonds is 4. The topological polar surface area (TPSA) is 73.1 Å². The molecule has 108 valence electrons. The van der Waals surface area contributed by atoms with Crippen molar-refractivity contribution in [1.82, 2.24) is 9.97 Å². The number of hydrogen-bond acceptors (Lipinski definition) is 6. The molecule has 0 amide bonds. The Hall–Kier alpha value is -1.41. The van der Waals surface area contributed by atoms with Gasteiger partial charge in [0.05, 0.1) is 10.4 Å². The Bertz CT molecular complexity index is 795. The fourth-order valence-corrected chi connectivity index (χ4v) is 3.10. The molecule has 0 unspecified atom stereocenters. The Morgan fingerprint density at radius 3 is 3.00 bits per heavy atom. The molecule has 3 N–H and O–H groups in total. The summed E-state index contributed by atoms with van der Waals surface area (Å²) in [7, 11) is 0. The average molecular weight is 386 g/mol. The second-order valence-electron chi connectivity index (χ2n) is 4.14. The number of anilines is 1. The third-order valence-corrected chi connectivity index (χ3v) is 4.37. The first-order chi connectivity index (χ1) is 10.2. The fourth-order valence-electron chi connectivity index (χ4n) is 1.80. The van der Waals surface area contributed by atoms with Gasteiger partial charge in [0.2, 0.25) is 0 Å². The number of hydrogen-bond donors (Lipinski definition) is 2. The van der Waals surface area contributed by atoms with Gasteiger partial charge in [0.1, 0.15) is 17.2 Å². The smallest absolute Gasteiger partial charge is 0.169 e. The Labute approximate surface area is 138 Å². The number of ether oxygens (including phenoxy) is 1. The number of benzene rings is 1. The van der Waals surface area contributed by atoms with E-state index >= 15 is 0 Å². The van der Waals surface area contributed by atoms with Crippen molar-refractivity contribution in [2.45, 2.75) is 6.61 Å². The lowest BCUT2D eigenvalue weighted by molar-refractivity contribution is 0.296. The van der Waals surface area contributed by atoms with E-state index in [1.54, 1.807) is 12.1 Å². The molecule has 5 nitrogen and oxygen atoms in total. The van der Waals surface area contributed by atoms with E-state index in [4.69, 9.17) is 22.2 Å². The highest BCUT2D eigenvalue weighted by atomic mass is 79.9. The number of nitrogens with zero attached hydrogens (tertiary/aromatic N) is 2. The minimum absolute atomic E-state index is 0.207. The molecule has 0 bridgehead atoms. The quantitative estimate of drug-likeness (QED) is 0.525. The minimum Gasteiger partial charge on any atom is -0.484 e. The Morgan fingerprint density at radius 1 is 1.33 bits per heavy atom. The standard InChI is InChI=1S/C13H10BrClN4OS/c14-7-1-2-9(15)10(5-7)20-6-11-17-12(19-16)8-3-4-21-13(8)18-11/h1-5H,6,16H2,(H,17,18,19). The van der Waals surface area contributed by atoms with Gasteiger partial charge in [-0.05, 0) is 29.6 Å². The molecule has 0 aliphatic carbocycles. The zero-order chi connectivity index (χ0) is 14.8. The van der Waals surface area contributed by atoms with E-state index in [9.17, 15) is 0 Å². The molecule has 0 radical (unpaired) electrons. The number of fused-ring (bicyclic) bond motifs is 1. The van der Waals surface area contributed by atoms with Crippen LogP contribution in [0.5, 0.6) is 5.75 Å². The summed E-state index contributed by atoms with van der Waals surface area (Å²) in [6.45, 7) is 0.207. The van der Waals surface area contributed by atoms with Crippen molar-refractivity contribution >= 4 is 54.9 Å². The average Bonchev–Trinajstić information content (AvgIpc) is 2.95. The maximum absolute atomic E-state index is 6.08. The monoisotopic (exact) mass is 384 g/mol. The number of nitrogen functional groups attached to an aromatic ring is 1. The van der Waals surface area contributed by atoms with Gasteiger partial charge in [-0.1, -0.05) is 27.5 Å². The van der Waals surface area contributed by atoms with Gasteiger partial charge in [-0.2, -0.15) is 0 Å². The molecule has 0 spiro atoms. The summed E-state index contributed by atoms with van der Waals surface area (Å²) < 4.78 is 6.57. The molecule has 21 heavy (non-hydrogen) atoms. The third kappa shape index (κ3) is 3.11. The van der Waals surface area contributed by atoms with Crippen LogP contribution in [0.15, 0.2) is 34.1 Å².